The van der Waals surface area contributed by atoms with Crippen molar-refractivity contribution in [3.8, 4) is 0 Å². The molecule has 6 nitrogen and oxygen atoms in total. The molecule has 1 heterocycles. The SMILES string of the molecule is CNc1cc(NC(C)CN2CCCCC2)cc([N+](=O)[O-])c1. The highest BCUT2D eigenvalue weighted by atomic mass is 16.6. The molecule has 1 fully saturated rings. The second kappa shape index (κ2) is 7.26. The van der Waals surface area contributed by atoms with Crippen LogP contribution in [0.1, 0.15) is 26.2 Å². The molecule has 21 heavy (non-hydrogen) atoms. The predicted octanol–water partition coefficient (Wildman–Crippen LogP) is 2.92. The zero-order valence-corrected chi connectivity index (χ0v) is 12.8. The van der Waals surface area contributed by atoms with Gasteiger partial charge in [0.15, 0.2) is 0 Å². The number of hydrogen-bond acceptors (Lipinski definition) is 5. The highest BCUT2D eigenvalue weighted by Crippen LogP contribution is 2.24. The van der Waals surface area contributed by atoms with E-state index in [9.17, 15) is 10.1 Å². The average molecular weight is 292 g/mol. The lowest BCUT2D eigenvalue weighted by Crippen LogP contribution is -2.38. The number of nitrogens with one attached hydrogen (secondary N) is 2. The molecule has 1 atom stereocenters. The zero-order chi connectivity index (χ0) is 15.2. The van der Waals surface area contributed by atoms with Crippen molar-refractivity contribution < 1.29 is 4.92 Å². The molecule has 0 aromatic heterocycles. The Balaban J connectivity index is 2.00. The van der Waals surface area contributed by atoms with Gasteiger partial charge in [-0.1, -0.05) is 6.42 Å². The molecule has 1 aromatic carbocycles. The summed E-state index contributed by atoms with van der Waals surface area (Å²) in [5, 5.41) is 17.3. The third-order valence-electron chi connectivity index (χ3n) is 3.81. The third-order valence-corrected chi connectivity index (χ3v) is 3.81. The molecule has 1 saturated heterocycles. The van der Waals surface area contributed by atoms with Crippen LogP contribution < -0.4 is 10.6 Å². The van der Waals surface area contributed by atoms with E-state index < -0.39 is 0 Å². The molecule has 116 valence electrons. The van der Waals surface area contributed by atoms with E-state index in [1.165, 1.54) is 19.3 Å². The van der Waals surface area contributed by atoms with E-state index in [-0.39, 0.29) is 16.7 Å². The summed E-state index contributed by atoms with van der Waals surface area (Å²) in [6.45, 7) is 5.40. The Morgan fingerprint density at radius 3 is 2.52 bits per heavy atom. The number of hydrogen-bond donors (Lipinski definition) is 2. The smallest absolute Gasteiger partial charge is 0.273 e. The summed E-state index contributed by atoms with van der Waals surface area (Å²) in [4.78, 5) is 13.1. The standard InChI is InChI=1S/C15H24N4O2/c1-12(11-18-6-4-3-5-7-18)17-14-8-13(16-2)9-15(10-14)19(20)21/h8-10,12,16-17H,3-7,11H2,1-2H3. The number of anilines is 2. The molecule has 2 rings (SSSR count). The Kier molecular flexibility index (Phi) is 5.38. The molecule has 1 aliphatic rings. The van der Waals surface area contributed by atoms with Crippen LogP contribution in [0, 0.1) is 10.1 Å². The van der Waals surface area contributed by atoms with E-state index in [1.807, 2.05) is 6.07 Å². The molecule has 2 N–H and O–H groups in total. The lowest BCUT2D eigenvalue weighted by Gasteiger charge is -2.29. The molecule has 6 heteroatoms. The van der Waals surface area contributed by atoms with E-state index in [0.29, 0.717) is 0 Å². The number of likely N-dealkylation sites (tertiary alicyclic amines) is 1. The lowest BCUT2D eigenvalue weighted by molar-refractivity contribution is -0.384. The van der Waals surface area contributed by atoms with Crippen LogP contribution in [-0.2, 0) is 0 Å². The molecule has 0 amide bonds. The number of rotatable bonds is 6. The second-order valence-corrected chi connectivity index (χ2v) is 5.68. The van der Waals surface area contributed by atoms with Gasteiger partial charge in [0, 0.05) is 43.1 Å². The van der Waals surface area contributed by atoms with Crippen LogP contribution in [0.15, 0.2) is 18.2 Å². The first-order chi connectivity index (χ1) is 10.1. The topological polar surface area (TPSA) is 70.4 Å². The monoisotopic (exact) mass is 292 g/mol. The average Bonchev–Trinajstić information content (AvgIpc) is 2.47. The van der Waals surface area contributed by atoms with Gasteiger partial charge in [-0.05, 0) is 38.9 Å². The minimum Gasteiger partial charge on any atom is -0.388 e. The molecule has 0 bridgehead atoms. The van der Waals surface area contributed by atoms with E-state index in [2.05, 4.69) is 22.5 Å². The van der Waals surface area contributed by atoms with Gasteiger partial charge in [0.1, 0.15) is 0 Å². The zero-order valence-electron chi connectivity index (χ0n) is 12.8. The normalized spacial score (nSPS) is 17.2. The molecule has 0 spiro atoms. The van der Waals surface area contributed by atoms with Crippen molar-refractivity contribution in [2.75, 3.05) is 37.3 Å². The van der Waals surface area contributed by atoms with E-state index >= 15 is 0 Å². The van der Waals surface area contributed by atoms with Crippen molar-refractivity contribution in [2.45, 2.75) is 32.2 Å². The maximum absolute atomic E-state index is 11.0. The fraction of sp³-hybridized carbons (Fsp3) is 0.600. The Morgan fingerprint density at radius 1 is 1.24 bits per heavy atom. The van der Waals surface area contributed by atoms with Gasteiger partial charge in [-0.2, -0.15) is 0 Å². The van der Waals surface area contributed by atoms with Gasteiger partial charge < -0.3 is 15.5 Å². The molecule has 0 aliphatic carbocycles. The van der Waals surface area contributed by atoms with Crippen molar-refractivity contribution >= 4 is 17.1 Å². The van der Waals surface area contributed by atoms with Gasteiger partial charge in [-0.15, -0.1) is 0 Å². The number of benzene rings is 1. The Labute approximate surface area is 125 Å². The van der Waals surface area contributed by atoms with Gasteiger partial charge >= 0.3 is 0 Å². The number of nitro groups is 1. The summed E-state index contributed by atoms with van der Waals surface area (Å²) in [7, 11) is 1.76. The maximum Gasteiger partial charge on any atom is 0.273 e. The minimum absolute atomic E-state index is 0.106. The molecular weight excluding hydrogens is 268 g/mol. The summed E-state index contributed by atoms with van der Waals surface area (Å²) in [5.74, 6) is 0. The van der Waals surface area contributed by atoms with Gasteiger partial charge in [0.2, 0.25) is 0 Å². The maximum atomic E-state index is 11.0. The van der Waals surface area contributed by atoms with Crippen LogP contribution >= 0.6 is 0 Å². The molecule has 1 unspecified atom stereocenters. The Hall–Kier alpha value is -1.82. The quantitative estimate of drug-likeness (QED) is 0.623. The van der Waals surface area contributed by atoms with Crippen LogP contribution in [0.2, 0.25) is 0 Å². The molecule has 0 radical (unpaired) electrons. The fourth-order valence-corrected chi connectivity index (χ4v) is 2.80. The fourth-order valence-electron chi connectivity index (χ4n) is 2.80. The van der Waals surface area contributed by atoms with E-state index in [4.69, 9.17) is 0 Å². The first-order valence-electron chi connectivity index (χ1n) is 7.54. The van der Waals surface area contributed by atoms with Gasteiger partial charge in [0.25, 0.3) is 5.69 Å². The van der Waals surface area contributed by atoms with Crippen LogP contribution in [0.5, 0.6) is 0 Å². The highest BCUT2D eigenvalue weighted by Gasteiger charge is 2.15. The predicted molar refractivity (Wildman–Crippen MR) is 86.0 cm³/mol. The van der Waals surface area contributed by atoms with E-state index in [0.717, 1.165) is 31.0 Å². The van der Waals surface area contributed by atoms with Gasteiger partial charge in [-0.25, -0.2) is 0 Å². The molecule has 1 aliphatic heterocycles. The van der Waals surface area contributed by atoms with Crippen molar-refractivity contribution in [1.29, 1.82) is 0 Å². The van der Waals surface area contributed by atoms with Gasteiger partial charge in [0.05, 0.1) is 4.92 Å². The second-order valence-electron chi connectivity index (χ2n) is 5.68. The van der Waals surface area contributed by atoms with Crippen molar-refractivity contribution in [2.24, 2.45) is 0 Å². The summed E-state index contributed by atoms with van der Waals surface area (Å²) >= 11 is 0. The highest BCUT2D eigenvalue weighted by molar-refractivity contribution is 5.63. The Morgan fingerprint density at radius 2 is 1.90 bits per heavy atom. The van der Waals surface area contributed by atoms with E-state index in [1.54, 1.807) is 19.2 Å². The largest absolute Gasteiger partial charge is 0.388 e. The van der Waals surface area contributed by atoms with Crippen LogP contribution in [-0.4, -0.2) is 42.5 Å². The van der Waals surface area contributed by atoms with Crippen LogP contribution in [0.25, 0.3) is 0 Å². The minimum atomic E-state index is -0.360. The number of nitrogens with zero attached hydrogens (tertiary/aromatic N) is 2. The third kappa shape index (κ3) is 4.60. The molecule has 0 saturated carbocycles. The summed E-state index contributed by atoms with van der Waals surface area (Å²) in [5.41, 5.74) is 1.64. The number of nitro benzene ring substituents is 1. The molecular formula is C15H24N4O2. The summed E-state index contributed by atoms with van der Waals surface area (Å²) in [6, 6.07) is 5.29. The number of piperidine rings is 1. The first-order valence-corrected chi connectivity index (χ1v) is 7.54. The van der Waals surface area contributed by atoms with Crippen molar-refractivity contribution in [1.82, 2.24) is 4.90 Å². The van der Waals surface area contributed by atoms with Gasteiger partial charge in [-0.3, -0.25) is 10.1 Å². The van der Waals surface area contributed by atoms with Crippen LogP contribution in [0.4, 0.5) is 17.1 Å². The number of non-ortho nitro benzene ring substituents is 1. The summed E-state index contributed by atoms with van der Waals surface area (Å²) in [6.07, 6.45) is 3.87. The summed E-state index contributed by atoms with van der Waals surface area (Å²) < 4.78 is 0. The van der Waals surface area contributed by atoms with Crippen LogP contribution in [0.3, 0.4) is 0 Å². The first kappa shape index (κ1) is 15.6. The van der Waals surface area contributed by atoms with Crippen molar-refractivity contribution in [3.63, 3.8) is 0 Å². The lowest BCUT2D eigenvalue weighted by atomic mass is 10.1. The Bertz CT molecular complexity index is 487. The molecule has 1 aromatic rings. The van der Waals surface area contributed by atoms with Crippen molar-refractivity contribution in [3.05, 3.63) is 28.3 Å².